The zero-order chi connectivity index (χ0) is 11.8. The van der Waals surface area contributed by atoms with E-state index in [4.69, 9.17) is 4.74 Å². The molecule has 0 radical (unpaired) electrons. The maximum atomic E-state index is 5.46. The molecule has 0 aliphatic carbocycles. The van der Waals surface area contributed by atoms with E-state index in [2.05, 4.69) is 38.1 Å². The monoisotopic (exact) mass is 293 g/mol. The summed E-state index contributed by atoms with van der Waals surface area (Å²) in [6, 6.07) is 10.5. The zero-order valence-electron chi connectivity index (χ0n) is 9.38. The summed E-state index contributed by atoms with van der Waals surface area (Å²) in [5, 5.41) is 4.39. The van der Waals surface area contributed by atoms with E-state index in [0.29, 0.717) is 4.73 Å². The fourth-order valence-electron chi connectivity index (χ4n) is 2.32. The molecule has 1 aliphatic heterocycles. The first kappa shape index (κ1) is 10.9. The summed E-state index contributed by atoms with van der Waals surface area (Å²) >= 11 is 3.32. The van der Waals surface area contributed by atoms with Crippen LogP contribution in [0.25, 0.3) is 0 Å². The van der Waals surface area contributed by atoms with E-state index in [9.17, 15) is 0 Å². The Labute approximate surface area is 108 Å². The molecule has 3 rings (SSSR count). The van der Waals surface area contributed by atoms with Crippen LogP contribution in [-0.4, -0.2) is 21.9 Å². The number of ether oxygens (including phenoxy) is 1. The zero-order valence-corrected chi connectivity index (χ0v) is 11.0. The van der Waals surface area contributed by atoms with Gasteiger partial charge < -0.3 is 4.74 Å². The fraction of sp³-hybridized carbons (Fsp3) is 0.333. The Morgan fingerprint density at radius 2 is 2.12 bits per heavy atom. The summed E-state index contributed by atoms with van der Waals surface area (Å²) in [5.41, 5.74) is 1.24. The average Bonchev–Trinajstić information content (AvgIpc) is 2.87. The van der Waals surface area contributed by atoms with E-state index in [-0.39, 0.29) is 12.1 Å². The molecular formula is C12H12BrN3O. The van der Waals surface area contributed by atoms with Crippen LogP contribution in [0.15, 0.2) is 35.1 Å². The van der Waals surface area contributed by atoms with Crippen LogP contribution in [-0.2, 0) is 4.74 Å². The molecule has 2 unspecified atom stereocenters. The Bertz CT molecular complexity index is 526. The number of benzene rings is 1. The van der Waals surface area contributed by atoms with Gasteiger partial charge in [-0.1, -0.05) is 30.3 Å². The van der Waals surface area contributed by atoms with Crippen LogP contribution in [0.1, 0.15) is 30.0 Å². The smallest absolute Gasteiger partial charge is 0.217 e. The molecule has 0 fully saturated rings. The maximum absolute atomic E-state index is 5.46. The van der Waals surface area contributed by atoms with Gasteiger partial charge in [0.2, 0.25) is 4.73 Å². The Morgan fingerprint density at radius 1 is 1.35 bits per heavy atom. The predicted molar refractivity (Wildman–Crippen MR) is 66.7 cm³/mol. The second-order valence-electron chi connectivity index (χ2n) is 4.07. The fourth-order valence-corrected chi connectivity index (χ4v) is 2.67. The van der Waals surface area contributed by atoms with Gasteiger partial charge in [0.15, 0.2) is 5.82 Å². The highest BCUT2D eigenvalue weighted by molar-refractivity contribution is 9.10. The van der Waals surface area contributed by atoms with Crippen LogP contribution in [0.3, 0.4) is 0 Å². The van der Waals surface area contributed by atoms with Crippen molar-refractivity contribution in [1.82, 2.24) is 14.8 Å². The summed E-state index contributed by atoms with van der Waals surface area (Å²) in [6.45, 7) is 0. The van der Waals surface area contributed by atoms with E-state index < -0.39 is 0 Å². The van der Waals surface area contributed by atoms with Crippen LogP contribution >= 0.6 is 15.9 Å². The molecule has 1 aromatic heterocycles. The van der Waals surface area contributed by atoms with Crippen LogP contribution in [0.4, 0.5) is 0 Å². The maximum Gasteiger partial charge on any atom is 0.217 e. The number of methoxy groups -OCH3 is 1. The lowest BCUT2D eigenvalue weighted by molar-refractivity contribution is 0.0991. The summed E-state index contributed by atoms with van der Waals surface area (Å²) in [6.07, 6.45) is 0.919. The van der Waals surface area contributed by atoms with Gasteiger partial charge in [0.25, 0.3) is 0 Å². The quantitative estimate of drug-likeness (QED) is 0.855. The third-order valence-corrected chi connectivity index (χ3v) is 3.46. The highest BCUT2D eigenvalue weighted by Crippen LogP contribution is 2.39. The third kappa shape index (κ3) is 1.79. The highest BCUT2D eigenvalue weighted by atomic mass is 79.9. The first-order valence-corrected chi connectivity index (χ1v) is 6.28. The van der Waals surface area contributed by atoms with Crippen LogP contribution in [0, 0.1) is 0 Å². The molecule has 0 saturated carbocycles. The van der Waals surface area contributed by atoms with Crippen molar-refractivity contribution in [2.75, 3.05) is 7.11 Å². The molecule has 88 valence electrons. The van der Waals surface area contributed by atoms with Crippen molar-refractivity contribution in [2.45, 2.75) is 18.6 Å². The summed E-state index contributed by atoms with van der Waals surface area (Å²) in [7, 11) is 1.71. The first-order chi connectivity index (χ1) is 8.29. The van der Waals surface area contributed by atoms with Crippen molar-refractivity contribution >= 4 is 15.9 Å². The minimum atomic E-state index is 0.0269. The summed E-state index contributed by atoms with van der Waals surface area (Å²) in [5.74, 6) is 0.897. The molecule has 2 heterocycles. The van der Waals surface area contributed by atoms with Crippen LogP contribution in [0.5, 0.6) is 0 Å². The van der Waals surface area contributed by atoms with E-state index in [0.717, 1.165) is 12.2 Å². The highest BCUT2D eigenvalue weighted by Gasteiger charge is 2.34. The Morgan fingerprint density at radius 3 is 2.82 bits per heavy atom. The standard InChI is InChI=1S/C12H12BrN3O/c1-17-10-7-9(8-5-3-2-4-6-8)16-11(10)14-12(13)15-16/h2-6,9-10H,7H2,1H3. The van der Waals surface area contributed by atoms with Crippen molar-refractivity contribution in [2.24, 2.45) is 0 Å². The molecule has 0 spiro atoms. The number of rotatable bonds is 2. The number of nitrogens with zero attached hydrogens (tertiary/aromatic N) is 3. The normalized spacial score (nSPS) is 22.7. The Hall–Kier alpha value is -1.20. The van der Waals surface area contributed by atoms with Crippen molar-refractivity contribution in [3.05, 3.63) is 46.5 Å². The lowest BCUT2D eigenvalue weighted by Gasteiger charge is -2.11. The Kier molecular flexibility index (Phi) is 2.72. The molecule has 2 aromatic rings. The summed E-state index contributed by atoms with van der Waals surface area (Å²) in [4.78, 5) is 4.36. The predicted octanol–water partition coefficient (Wildman–Crippen LogP) is 2.72. The van der Waals surface area contributed by atoms with E-state index in [1.165, 1.54) is 5.56 Å². The van der Waals surface area contributed by atoms with E-state index >= 15 is 0 Å². The van der Waals surface area contributed by atoms with E-state index in [1.807, 2.05) is 22.9 Å². The van der Waals surface area contributed by atoms with Gasteiger partial charge in [0.05, 0.1) is 6.04 Å². The average molecular weight is 294 g/mol. The topological polar surface area (TPSA) is 39.9 Å². The number of halogens is 1. The number of hydrogen-bond donors (Lipinski definition) is 0. The SMILES string of the molecule is COC1CC(c2ccccc2)n2nc(Br)nc21. The molecule has 5 heteroatoms. The minimum absolute atomic E-state index is 0.0269. The number of aromatic nitrogens is 3. The molecule has 4 nitrogen and oxygen atoms in total. The molecule has 0 saturated heterocycles. The van der Waals surface area contributed by atoms with Gasteiger partial charge >= 0.3 is 0 Å². The first-order valence-electron chi connectivity index (χ1n) is 5.49. The van der Waals surface area contributed by atoms with Gasteiger partial charge in [-0.2, -0.15) is 0 Å². The molecule has 0 amide bonds. The molecule has 0 bridgehead atoms. The molecular weight excluding hydrogens is 282 g/mol. The second kappa shape index (κ2) is 4.23. The van der Waals surface area contributed by atoms with Gasteiger partial charge in [-0.15, -0.1) is 5.10 Å². The lowest BCUT2D eigenvalue weighted by Crippen LogP contribution is -2.07. The molecule has 17 heavy (non-hydrogen) atoms. The van der Waals surface area contributed by atoms with Crippen LogP contribution in [0.2, 0.25) is 0 Å². The largest absolute Gasteiger partial charge is 0.373 e. The van der Waals surface area contributed by atoms with Gasteiger partial charge in [0.1, 0.15) is 6.10 Å². The number of hydrogen-bond acceptors (Lipinski definition) is 3. The number of fused-ring (bicyclic) bond motifs is 1. The van der Waals surface area contributed by atoms with Crippen LogP contribution < -0.4 is 0 Å². The molecule has 0 N–H and O–H groups in total. The Balaban J connectivity index is 2.04. The van der Waals surface area contributed by atoms with Gasteiger partial charge in [-0.05, 0) is 21.5 Å². The lowest BCUT2D eigenvalue weighted by atomic mass is 10.0. The van der Waals surface area contributed by atoms with Crippen molar-refractivity contribution in [3.63, 3.8) is 0 Å². The third-order valence-electron chi connectivity index (χ3n) is 3.12. The summed E-state index contributed by atoms with van der Waals surface area (Å²) < 4.78 is 8.03. The molecule has 1 aromatic carbocycles. The van der Waals surface area contributed by atoms with Gasteiger partial charge in [0, 0.05) is 13.5 Å². The van der Waals surface area contributed by atoms with Crippen molar-refractivity contribution in [1.29, 1.82) is 0 Å². The second-order valence-corrected chi connectivity index (χ2v) is 4.78. The molecule has 1 aliphatic rings. The van der Waals surface area contributed by atoms with Crippen molar-refractivity contribution < 1.29 is 4.74 Å². The van der Waals surface area contributed by atoms with Crippen molar-refractivity contribution in [3.8, 4) is 0 Å². The molecule has 2 atom stereocenters. The minimum Gasteiger partial charge on any atom is -0.373 e. The van der Waals surface area contributed by atoms with Gasteiger partial charge in [-0.25, -0.2) is 9.67 Å². The van der Waals surface area contributed by atoms with Gasteiger partial charge in [-0.3, -0.25) is 0 Å². The van der Waals surface area contributed by atoms with E-state index in [1.54, 1.807) is 7.11 Å².